The lowest BCUT2D eigenvalue weighted by Gasteiger charge is -2.33. The van der Waals surface area contributed by atoms with E-state index in [-0.39, 0.29) is 29.8 Å². The largest absolute Gasteiger partial charge is 0.490 e. The summed E-state index contributed by atoms with van der Waals surface area (Å²) < 4.78 is 11.7. The molecule has 0 unspecified atom stereocenters. The van der Waals surface area contributed by atoms with Crippen molar-refractivity contribution in [1.29, 1.82) is 0 Å². The van der Waals surface area contributed by atoms with Gasteiger partial charge in [0, 0.05) is 30.8 Å². The summed E-state index contributed by atoms with van der Waals surface area (Å²) in [4.78, 5) is 27.5. The maximum atomic E-state index is 12.4. The minimum absolute atomic E-state index is 0.0233. The number of allylic oxidation sites excluding steroid dienone is 3. The molecule has 0 spiro atoms. The smallest absolute Gasteiger partial charge is 0.335 e. The van der Waals surface area contributed by atoms with Gasteiger partial charge in [0.15, 0.2) is 0 Å². The summed E-state index contributed by atoms with van der Waals surface area (Å²) in [6.45, 7) is 16.7. The number of likely N-dealkylation sites (tertiary alicyclic amines) is 1. The first-order chi connectivity index (χ1) is 15.0. The van der Waals surface area contributed by atoms with Gasteiger partial charge in [-0.1, -0.05) is 37.1 Å². The maximum Gasteiger partial charge on any atom is 0.335 e. The molecule has 0 aromatic heterocycles. The number of rotatable bonds is 9. The van der Waals surface area contributed by atoms with E-state index in [1.165, 1.54) is 17.8 Å². The number of carbonyl (C=O) groups excluding carboxylic acids is 1. The first kappa shape index (κ1) is 25.7. The Bertz CT molecular complexity index is 892. The molecular weight excluding hydrogens is 426 g/mol. The number of aromatic carboxylic acids is 1. The van der Waals surface area contributed by atoms with Crippen LogP contribution in [0.15, 0.2) is 48.4 Å². The van der Waals surface area contributed by atoms with Gasteiger partial charge in [-0.05, 0) is 56.4 Å². The van der Waals surface area contributed by atoms with E-state index in [1.54, 1.807) is 17.0 Å². The van der Waals surface area contributed by atoms with Crippen LogP contribution in [-0.2, 0) is 9.53 Å². The van der Waals surface area contributed by atoms with E-state index in [9.17, 15) is 14.7 Å². The van der Waals surface area contributed by atoms with Crippen molar-refractivity contribution < 1.29 is 24.2 Å². The molecule has 0 saturated carbocycles. The Labute approximate surface area is 195 Å². The minimum Gasteiger partial charge on any atom is -0.490 e. The summed E-state index contributed by atoms with van der Waals surface area (Å²) in [6, 6.07) is 4.95. The van der Waals surface area contributed by atoms with Crippen molar-refractivity contribution in [3.05, 3.63) is 59.5 Å². The number of benzene rings is 1. The van der Waals surface area contributed by atoms with Crippen molar-refractivity contribution in [2.75, 3.05) is 19.7 Å². The molecular formula is C25H33NO5S. The van der Waals surface area contributed by atoms with Crippen molar-refractivity contribution >= 4 is 28.5 Å². The number of hydrogen-bond acceptors (Lipinski definition) is 5. The molecule has 1 heterocycles. The number of nitrogens with zero attached hydrogens (tertiary/aromatic N) is 1. The molecule has 6 nitrogen and oxygen atoms in total. The fraction of sp³-hybridized carbons (Fsp3) is 0.440. The zero-order valence-electron chi connectivity index (χ0n) is 19.3. The van der Waals surface area contributed by atoms with Gasteiger partial charge in [0.05, 0.1) is 11.2 Å². The van der Waals surface area contributed by atoms with Crippen LogP contribution in [0.4, 0.5) is 0 Å². The lowest BCUT2D eigenvalue weighted by molar-refractivity contribution is -0.142. The molecule has 0 atom stereocenters. The molecule has 1 aliphatic rings. The minimum atomic E-state index is -1.02. The second kappa shape index (κ2) is 11.4. The molecule has 1 amide bonds. The normalized spacial score (nSPS) is 15.4. The van der Waals surface area contributed by atoms with Gasteiger partial charge in [0.2, 0.25) is 5.91 Å². The number of carbonyl (C=O) groups is 2. The Balaban J connectivity index is 2.03. The molecule has 0 bridgehead atoms. The Hall–Kier alpha value is -2.51. The summed E-state index contributed by atoms with van der Waals surface area (Å²) >= 11 is 1.45. The van der Waals surface area contributed by atoms with E-state index in [1.807, 2.05) is 39.8 Å². The zero-order chi connectivity index (χ0) is 23.9. The first-order valence-corrected chi connectivity index (χ1v) is 11.4. The molecule has 32 heavy (non-hydrogen) atoms. The second-order valence-electron chi connectivity index (χ2n) is 8.69. The maximum absolute atomic E-state index is 12.4. The van der Waals surface area contributed by atoms with Crippen LogP contribution < -0.4 is 4.74 Å². The lowest BCUT2D eigenvalue weighted by Crippen LogP contribution is -2.44. The van der Waals surface area contributed by atoms with Crippen LogP contribution >= 0.6 is 11.8 Å². The van der Waals surface area contributed by atoms with Crippen molar-refractivity contribution in [3.63, 3.8) is 0 Å². The van der Waals surface area contributed by atoms with Crippen LogP contribution in [0.2, 0.25) is 0 Å². The Morgan fingerprint density at radius 2 is 1.84 bits per heavy atom. The molecule has 1 aromatic carbocycles. The highest BCUT2D eigenvalue weighted by atomic mass is 32.2. The fourth-order valence-electron chi connectivity index (χ4n) is 3.19. The third-order valence-corrected chi connectivity index (χ3v) is 5.78. The summed E-state index contributed by atoms with van der Waals surface area (Å²) in [5, 5.41) is 9.52. The van der Waals surface area contributed by atoms with E-state index in [4.69, 9.17) is 9.47 Å². The van der Waals surface area contributed by atoms with Crippen LogP contribution in [0.3, 0.4) is 0 Å². The molecule has 174 valence electrons. The number of amides is 1. The van der Waals surface area contributed by atoms with Gasteiger partial charge in [-0.3, -0.25) is 4.79 Å². The average Bonchev–Trinajstić information content (AvgIpc) is 2.72. The van der Waals surface area contributed by atoms with Gasteiger partial charge in [-0.2, -0.15) is 0 Å². The van der Waals surface area contributed by atoms with Crippen molar-refractivity contribution in [1.82, 2.24) is 4.90 Å². The van der Waals surface area contributed by atoms with E-state index < -0.39 is 5.97 Å². The highest BCUT2D eigenvalue weighted by Crippen LogP contribution is 2.34. The van der Waals surface area contributed by atoms with E-state index in [2.05, 4.69) is 13.2 Å². The predicted molar refractivity (Wildman–Crippen MR) is 130 cm³/mol. The molecule has 1 saturated heterocycles. The SMILES string of the molecule is C=C/C=C(/C)SC(=C)c1cc(OC2CCN(C(=O)COC(C)(C)C)CC2)cc(C(=O)O)c1. The zero-order valence-corrected chi connectivity index (χ0v) is 20.2. The molecule has 0 aliphatic carbocycles. The summed E-state index contributed by atoms with van der Waals surface area (Å²) in [6.07, 6.45) is 4.82. The van der Waals surface area contributed by atoms with Crippen LogP contribution in [0.25, 0.3) is 4.91 Å². The van der Waals surface area contributed by atoms with Crippen LogP contribution in [0, 0.1) is 0 Å². The van der Waals surface area contributed by atoms with Gasteiger partial charge in [0.25, 0.3) is 0 Å². The Morgan fingerprint density at radius 1 is 1.22 bits per heavy atom. The van der Waals surface area contributed by atoms with Crippen LogP contribution in [-0.4, -0.2) is 53.3 Å². The van der Waals surface area contributed by atoms with Gasteiger partial charge in [0.1, 0.15) is 18.5 Å². The third-order valence-electron chi connectivity index (χ3n) is 4.84. The number of carboxylic acid groups (broad SMARTS) is 1. The molecule has 2 rings (SSSR count). The highest BCUT2D eigenvalue weighted by Gasteiger charge is 2.25. The fourth-order valence-corrected chi connectivity index (χ4v) is 3.98. The van der Waals surface area contributed by atoms with Crippen molar-refractivity contribution in [3.8, 4) is 5.75 Å². The predicted octanol–water partition coefficient (Wildman–Crippen LogP) is 5.36. The second-order valence-corrected chi connectivity index (χ2v) is 10.0. The van der Waals surface area contributed by atoms with Crippen LogP contribution in [0.1, 0.15) is 56.5 Å². The van der Waals surface area contributed by atoms with Gasteiger partial charge in [-0.25, -0.2) is 4.79 Å². The molecule has 0 radical (unpaired) electrons. The van der Waals surface area contributed by atoms with Gasteiger partial charge < -0.3 is 19.5 Å². The highest BCUT2D eigenvalue weighted by molar-refractivity contribution is 8.11. The number of hydrogen-bond donors (Lipinski definition) is 1. The van der Waals surface area contributed by atoms with Gasteiger partial charge in [-0.15, -0.1) is 0 Å². The first-order valence-electron chi connectivity index (χ1n) is 10.6. The lowest BCUT2D eigenvalue weighted by atomic mass is 10.1. The van der Waals surface area contributed by atoms with Crippen molar-refractivity contribution in [2.24, 2.45) is 0 Å². The van der Waals surface area contributed by atoms with E-state index in [0.29, 0.717) is 37.2 Å². The molecule has 1 N–H and O–H groups in total. The average molecular weight is 460 g/mol. The number of carboxylic acids is 1. The number of ether oxygens (including phenoxy) is 2. The summed E-state index contributed by atoms with van der Waals surface area (Å²) in [7, 11) is 0. The molecule has 1 fully saturated rings. The molecule has 1 aromatic rings. The van der Waals surface area contributed by atoms with E-state index >= 15 is 0 Å². The summed E-state index contributed by atoms with van der Waals surface area (Å²) in [5.41, 5.74) is 0.497. The third kappa shape index (κ3) is 8.20. The Kier molecular flexibility index (Phi) is 9.16. The number of piperidine rings is 1. The summed E-state index contributed by atoms with van der Waals surface area (Å²) in [5.74, 6) is -0.551. The molecule has 1 aliphatic heterocycles. The standard InChI is InChI=1S/C25H33NO5S/c1-7-8-17(2)32-18(3)19-13-20(24(28)29)15-22(14-19)31-21-9-11-26(12-10-21)23(27)16-30-25(4,5)6/h7-8,13-15,21H,1,3,9-12,16H2,2,4-6H3,(H,28,29)/b17-8-. The Morgan fingerprint density at radius 3 is 2.41 bits per heavy atom. The molecule has 7 heteroatoms. The van der Waals surface area contributed by atoms with Crippen molar-refractivity contribution in [2.45, 2.75) is 52.2 Å². The monoisotopic (exact) mass is 459 g/mol. The van der Waals surface area contributed by atoms with E-state index in [0.717, 1.165) is 9.81 Å². The quantitative estimate of drug-likeness (QED) is 0.501. The number of thioether (sulfide) groups is 1. The topological polar surface area (TPSA) is 76.1 Å². The van der Waals surface area contributed by atoms with Crippen LogP contribution in [0.5, 0.6) is 5.75 Å². The van der Waals surface area contributed by atoms with Gasteiger partial charge >= 0.3 is 5.97 Å².